The summed E-state index contributed by atoms with van der Waals surface area (Å²) in [5, 5.41) is 9.32. The average Bonchev–Trinajstić information content (AvgIpc) is 2.79. The van der Waals surface area contributed by atoms with Crippen molar-refractivity contribution in [3.8, 4) is 11.5 Å². The molecule has 2 fully saturated rings. The number of rotatable bonds is 9. The summed E-state index contributed by atoms with van der Waals surface area (Å²) in [6.45, 7) is 4.33. The van der Waals surface area contributed by atoms with Crippen LogP contribution < -0.4 is 15.0 Å². The summed E-state index contributed by atoms with van der Waals surface area (Å²) in [5.41, 5.74) is 1.85. The molecule has 0 spiro atoms. The third-order valence-electron chi connectivity index (χ3n) is 5.86. The number of carbonyl (C=O) groups excluding carboxylic acids is 1. The molecule has 0 aliphatic carbocycles. The van der Waals surface area contributed by atoms with E-state index in [2.05, 4.69) is 13.9 Å². The van der Waals surface area contributed by atoms with Crippen molar-refractivity contribution in [1.82, 2.24) is 14.7 Å². The Hall–Kier alpha value is -1.73. The van der Waals surface area contributed by atoms with E-state index in [-0.39, 0.29) is 17.8 Å². The zero-order chi connectivity index (χ0) is 23.9. The lowest BCUT2D eigenvalue weighted by molar-refractivity contribution is -0.274. The first kappa shape index (κ1) is 25.9. The first-order valence-corrected chi connectivity index (χ1v) is 11.6. The lowest BCUT2D eigenvalue weighted by atomic mass is 9.95. The van der Waals surface area contributed by atoms with Crippen molar-refractivity contribution < 1.29 is 37.4 Å². The quantitative estimate of drug-likeness (QED) is 0.309. The molecule has 2 N–H and O–H groups in total. The van der Waals surface area contributed by atoms with E-state index in [9.17, 15) is 23.2 Å². The molecule has 1 aromatic carbocycles. The highest BCUT2D eigenvalue weighted by molar-refractivity contribution is 7.99. The molecular weight excluding hydrogens is 463 g/mol. The maximum absolute atomic E-state index is 12.5. The summed E-state index contributed by atoms with van der Waals surface area (Å²) in [6, 6.07) is 5.37. The van der Waals surface area contributed by atoms with E-state index in [4.69, 9.17) is 9.47 Å². The number of ether oxygens (including phenoxy) is 3. The Morgan fingerprint density at radius 2 is 1.76 bits per heavy atom. The SMILES string of the molecule is COCCN1CCC(SN2CCC(Oc3ccc(OC(F)(F)F)cc3)CC2)(C(=O)NO)CC1. The van der Waals surface area contributed by atoms with E-state index in [0.717, 1.165) is 19.6 Å². The molecule has 2 aliphatic rings. The van der Waals surface area contributed by atoms with Crippen molar-refractivity contribution in [3.05, 3.63) is 24.3 Å². The molecule has 2 aliphatic heterocycles. The number of alkyl halides is 3. The molecule has 1 amide bonds. The van der Waals surface area contributed by atoms with Crippen LogP contribution in [0.5, 0.6) is 11.5 Å². The van der Waals surface area contributed by atoms with E-state index in [1.807, 2.05) is 5.48 Å². The van der Waals surface area contributed by atoms with E-state index < -0.39 is 11.1 Å². The van der Waals surface area contributed by atoms with Gasteiger partial charge in [0.2, 0.25) is 0 Å². The maximum atomic E-state index is 12.5. The standard InChI is InChI=1S/C21H30F3N3O5S/c1-30-15-14-26-12-8-20(9-13-26,19(28)25-29)33-27-10-6-17(7-11-27)31-16-2-4-18(5-3-16)32-21(22,23)24/h2-5,17,29H,6-15H2,1H3,(H,25,28). The van der Waals surface area contributed by atoms with Crippen molar-refractivity contribution >= 4 is 17.9 Å². The van der Waals surface area contributed by atoms with Crippen molar-refractivity contribution in [1.29, 1.82) is 0 Å². The fraction of sp³-hybridized carbons (Fsp3) is 0.667. The lowest BCUT2D eigenvalue weighted by Crippen LogP contribution is -2.53. The second-order valence-corrected chi connectivity index (χ2v) is 9.61. The lowest BCUT2D eigenvalue weighted by Gasteiger charge is -2.43. The van der Waals surface area contributed by atoms with E-state index in [1.165, 1.54) is 36.2 Å². The molecule has 33 heavy (non-hydrogen) atoms. The Morgan fingerprint density at radius 3 is 2.30 bits per heavy atom. The van der Waals surface area contributed by atoms with Gasteiger partial charge in [0, 0.05) is 39.8 Å². The Balaban J connectivity index is 1.48. The minimum atomic E-state index is -4.72. The fourth-order valence-electron chi connectivity index (χ4n) is 4.02. The van der Waals surface area contributed by atoms with Gasteiger partial charge in [-0.05, 0) is 49.9 Å². The number of hydrogen-bond donors (Lipinski definition) is 2. The van der Waals surface area contributed by atoms with E-state index >= 15 is 0 Å². The number of halogens is 3. The van der Waals surface area contributed by atoms with Crippen molar-refractivity contribution in [2.45, 2.75) is 42.9 Å². The number of methoxy groups -OCH3 is 1. The molecule has 2 saturated heterocycles. The minimum Gasteiger partial charge on any atom is -0.490 e. The van der Waals surface area contributed by atoms with Gasteiger partial charge in [-0.3, -0.25) is 10.0 Å². The molecule has 0 bridgehead atoms. The number of benzene rings is 1. The monoisotopic (exact) mass is 493 g/mol. The maximum Gasteiger partial charge on any atom is 0.573 e. The molecule has 0 radical (unpaired) electrons. The average molecular weight is 494 g/mol. The van der Waals surface area contributed by atoms with Crippen molar-refractivity contribution in [3.63, 3.8) is 0 Å². The molecule has 0 saturated carbocycles. The number of nitrogens with zero attached hydrogens (tertiary/aromatic N) is 2. The first-order chi connectivity index (χ1) is 15.7. The van der Waals surface area contributed by atoms with Crippen LogP contribution in [0.15, 0.2) is 24.3 Å². The van der Waals surface area contributed by atoms with Crippen molar-refractivity contribution in [2.75, 3.05) is 46.4 Å². The summed E-state index contributed by atoms with van der Waals surface area (Å²) >= 11 is 1.49. The van der Waals surface area contributed by atoms with Crippen molar-refractivity contribution in [2.24, 2.45) is 0 Å². The summed E-state index contributed by atoms with van der Waals surface area (Å²) < 4.78 is 53.2. The van der Waals surface area contributed by atoms with Gasteiger partial charge in [-0.15, -0.1) is 13.2 Å². The predicted octanol–water partition coefficient (Wildman–Crippen LogP) is 3.06. The Kier molecular flexibility index (Phi) is 9.10. The molecular formula is C21H30F3N3O5S. The third-order valence-corrected chi connectivity index (χ3v) is 7.42. The molecule has 0 atom stereocenters. The Bertz CT molecular complexity index is 753. The predicted molar refractivity (Wildman–Crippen MR) is 116 cm³/mol. The van der Waals surface area contributed by atoms with Gasteiger partial charge in [-0.2, -0.15) is 0 Å². The van der Waals surface area contributed by atoms with Gasteiger partial charge in [0.15, 0.2) is 0 Å². The number of hydrogen-bond acceptors (Lipinski definition) is 8. The number of amides is 1. The number of likely N-dealkylation sites (tertiary alicyclic amines) is 1. The third kappa shape index (κ3) is 7.64. The largest absolute Gasteiger partial charge is 0.573 e. The van der Waals surface area contributed by atoms with Gasteiger partial charge in [0.25, 0.3) is 5.91 Å². The topological polar surface area (TPSA) is 83.5 Å². The summed E-state index contributed by atoms with van der Waals surface area (Å²) in [5.74, 6) is -0.185. The zero-order valence-electron chi connectivity index (χ0n) is 18.5. The highest BCUT2D eigenvalue weighted by Crippen LogP contribution is 2.40. The van der Waals surface area contributed by atoms with Crippen LogP contribution in [-0.4, -0.2) is 84.0 Å². The second kappa shape index (κ2) is 11.6. The smallest absolute Gasteiger partial charge is 0.490 e. The molecule has 1 aromatic rings. The van der Waals surface area contributed by atoms with Crippen LogP contribution in [0.2, 0.25) is 0 Å². The fourth-order valence-corrected chi connectivity index (χ4v) is 5.40. The van der Waals surface area contributed by atoms with Crippen LogP contribution >= 0.6 is 11.9 Å². The van der Waals surface area contributed by atoms with Gasteiger partial charge >= 0.3 is 6.36 Å². The molecule has 3 rings (SSSR count). The van der Waals surface area contributed by atoms with Crippen LogP contribution in [0.1, 0.15) is 25.7 Å². The molecule has 0 unspecified atom stereocenters. The second-order valence-electron chi connectivity index (χ2n) is 8.13. The normalized spacial score (nSPS) is 20.4. The molecule has 12 heteroatoms. The number of piperidine rings is 2. The van der Waals surface area contributed by atoms with Crippen LogP contribution in [0, 0.1) is 0 Å². The Morgan fingerprint density at radius 1 is 1.15 bits per heavy atom. The number of hydroxylamine groups is 1. The molecule has 186 valence electrons. The van der Waals surface area contributed by atoms with Crippen LogP contribution in [0.3, 0.4) is 0 Å². The summed E-state index contributed by atoms with van der Waals surface area (Å²) in [4.78, 5) is 14.8. The highest BCUT2D eigenvalue weighted by Gasteiger charge is 2.44. The minimum absolute atomic E-state index is 0.0743. The summed E-state index contributed by atoms with van der Waals surface area (Å²) in [7, 11) is 1.66. The van der Waals surface area contributed by atoms with Gasteiger partial charge in [-0.25, -0.2) is 9.79 Å². The Labute approximate surface area is 195 Å². The van der Waals surface area contributed by atoms with E-state index in [1.54, 1.807) is 7.11 Å². The summed E-state index contributed by atoms with van der Waals surface area (Å²) in [6.07, 6.45) is -2.13. The highest BCUT2D eigenvalue weighted by atomic mass is 32.2. The molecule has 0 aromatic heterocycles. The van der Waals surface area contributed by atoms with Gasteiger partial charge in [0.05, 0.1) is 6.61 Å². The van der Waals surface area contributed by atoms with Crippen LogP contribution in [0.4, 0.5) is 13.2 Å². The van der Waals surface area contributed by atoms with Gasteiger partial charge in [0.1, 0.15) is 22.4 Å². The van der Waals surface area contributed by atoms with Gasteiger partial charge < -0.3 is 19.1 Å². The molecule has 8 nitrogen and oxygen atoms in total. The van der Waals surface area contributed by atoms with Crippen LogP contribution in [0.25, 0.3) is 0 Å². The zero-order valence-corrected chi connectivity index (χ0v) is 19.3. The van der Waals surface area contributed by atoms with Crippen LogP contribution in [-0.2, 0) is 9.53 Å². The first-order valence-electron chi connectivity index (χ1n) is 10.9. The van der Waals surface area contributed by atoms with Gasteiger partial charge in [-0.1, -0.05) is 11.9 Å². The molecule has 2 heterocycles. The van der Waals surface area contributed by atoms with E-state index in [0.29, 0.717) is 51.1 Å². The number of nitrogens with one attached hydrogen (secondary N) is 1. The number of carbonyl (C=O) groups is 1.